The van der Waals surface area contributed by atoms with Gasteiger partial charge < -0.3 is 10.4 Å². The summed E-state index contributed by atoms with van der Waals surface area (Å²) in [4.78, 5) is 8.88. The highest BCUT2D eigenvalue weighted by Gasteiger charge is 2.30. The summed E-state index contributed by atoms with van der Waals surface area (Å²) >= 11 is 1.59. The Morgan fingerprint density at radius 3 is 2.91 bits per heavy atom. The first-order chi connectivity index (χ1) is 10.6. The lowest BCUT2D eigenvalue weighted by Gasteiger charge is -2.31. The number of hydrogen-bond donors (Lipinski definition) is 2. The average molecular weight is 321 g/mol. The van der Waals surface area contributed by atoms with Crippen LogP contribution in [0.3, 0.4) is 0 Å². The fraction of sp³-hybridized carbons (Fsp3) is 0.615. The van der Waals surface area contributed by atoms with Crippen molar-refractivity contribution >= 4 is 17.6 Å². The summed E-state index contributed by atoms with van der Waals surface area (Å²) in [5, 5.41) is 24.9. The summed E-state index contributed by atoms with van der Waals surface area (Å²) in [5.41, 5.74) is 1.02. The zero-order valence-corrected chi connectivity index (χ0v) is 13.4. The van der Waals surface area contributed by atoms with E-state index < -0.39 is 0 Å². The van der Waals surface area contributed by atoms with Gasteiger partial charge in [0.1, 0.15) is 11.6 Å². The van der Waals surface area contributed by atoms with Gasteiger partial charge in [0.2, 0.25) is 5.16 Å². The van der Waals surface area contributed by atoms with Crippen LogP contribution in [0.2, 0.25) is 0 Å². The van der Waals surface area contributed by atoms with Crippen molar-refractivity contribution in [1.82, 2.24) is 30.2 Å². The number of nitrogens with zero attached hydrogens (tertiary/aromatic N) is 6. The molecule has 1 fully saturated rings. The van der Waals surface area contributed by atoms with E-state index in [2.05, 4.69) is 30.8 Å². The van der Waals surface area contributed by atoms with Crippen molar-refractivity contribution in [1.29, 1.82) is 0 Å². The van der Waals surface area contributed by atoms with Crippen molar-refractivity contribution in [3.05, 3.63) is 17.6 Å². The lowest BCUT2D eigenvalue weighted by atomic mass is 9.80. The Hall–Kier alpha value is -1.74. The van der Waals surface area contributed by atoms with Crippen LogP contribution in [-0.4, -0.2) is 53.7 Å². The Morgan fingerprint density at radius 2 is 2.23 bits per heavy atom. The molecule has 118 valence electrons. The van der Waals surface area contributed by atoms with Gasteiger partial charge in [0.15, 0.2) is 0 Å². The second kappa shape index (κ2) is 6.57. The van der Waals surface area contributed by atoms with E-state index >= 15 is 0 Å². The smallest absolute Gasteiger partial charge is 0.209 e. The largest absolute Gasteiger partial charge is 0.393 e. The molecule has 1 aliphatic rings. The van der Waals surface area contributed by atoms with E-state index in [0.717, 1.165) is 47.6 Å². The standard InChI is InChI=1S/C13H19N7OS/c1-8-15-11(9-5-10(21)6-9)7-12(16-8)14-3-4-22-13-17-18-19-20(13)2/h7,9-10,21H,3-6H2,1-2H3,(H,14,15,16). The molecule has 0 radical (unpaired) electrons. The van der Waals surface area contributed by atoms with Gasteiger partial charge in [0.25, 0.3) is 0 Å². The molecule has 0 spiro atoms. The Kier molecular flexibility index (Phi) is 4.53. The summed E-state index contributed by atoms with van der Waals surface area (Å²) in [7, 11) is 1.82. The molecule has 2 heterocycles. The van der Waals surface area contributed by atoms with Crippen molar-refractivity contribution < 1.29 is 5.11 Å². The van der Waals surface area contributed by atoms with Crippen molar-refractivity contribution in [2.75, 3.05) is 17.6 Å². The van der Waals surface area contributed by atoms with Crippen molar-refractivity contribution in [3.8, 4) is 0 Å². The SMILES string of the molecule is Cc1nc(NCCSc2nnnn2C)cc(C2CC(O)C2)n1. The Balaban J connectivity index is 1.52. The van der Waals surface area contributed by atoms with Gasteiger partial charge >= 0.3 is 0 Å². The Labute approximate surface area is 132 Å². The average Bonchev–Trinajstić information content (AvgIpc) is 2.85. The van der Waals surface area contributed by atoms with Crippen LogP contribution in [0.15, 0.2) is 11.2 Å². The van der Waals surface area contributed by atoms with Gasteiger partial charge in [-0.2, -0.15) is 0 Å². The van der Waals surface area contributed by atoms with E-state index in [1.54, 1.807) is 16.4 Å². The van der Waals surface area contributed by atoms with Crippen LogP contribution in [0.1, 0.15) is 30.3 Å². The topological polar surface area (TPSA) is 102 Å². The summed E-state index contributed by atoms with van der Waals surface area (Å²) in [6.07, 6.45) is 1.42. The highest BCUT2D eigenvalue weighted by molar-refractivity contribution is 7.99. The van der Waals surface area contributed by atoms with Crippen LogP contribution >= 0.6 is 11.8 Å². The van der Waals surface area contributed by atoms with Crippen molar-refractivity contribution in [3.63, 3.8) is 0 Å². The second-order valence-electron chi connectivity index (χ2n) is 5.41. The molecule has 0 saturated heterocycles. The first kappa shape index (κ1) is 15.2. The maximum Gasteiger partial charge on any atom is 0.209 e. The zero-order valence-electron chi connectivity index (χ0n) is 12.6. The zero-order chi connectivity index (χ0) is 15.5. The molecular weight excluding hydrogens is 302 g/mol. The van der Waals surface area contributed by atoms with Gasteiger partial charge in [-0.1, -0.05) is 11.8 Å². The van der Waals surface area contributed by atoms with Gasteiger partial charge in [0, 0.05) is 37.0 Å². The number of anilines is 1. The van der Waals surface area contributed by atoms with Gasteiger partial charge in [-0.15, -0.1) is 5.10 Å². The third-order valence-electron chi connectivity index (χ3n) is 3.61. The van der Waals surface area contributed by atoms with E-state index in [-0.39, 0.29) is 6.10 Å². The third-order valence-corrected chi connectivity index (χ3v) is 4.62. The number of tetrazole rings is 1. The third kappa shape index (κ3) is 3.53. The lowest BCUT2D eigenvalue weighted by Crippen LogP contribution is -2.27. The first-order valence-corrected chi connectivity index (χ1v) is 8.23. The van der Waals surface area contributed by atoms with Crippen LogP contribution < -0.4 is 5.32 Å². The van der Waals surface area contributed by atoms with Gasteiger partial charge in [0.05, 0.1) is 6.10 Å². The quantitative estimate of drug-likeness (QED) is 0.594. The highest BCUT2D eigenvalue weighted by atomic mass is 32.2. The van der Waals surface area contributed by atoms with Crippen LogP contribution in [-0.2, 0) is 7.05 Å². The summed E-state index contributed by atoms with van der Waals surface area (Å²) in [6, 6.07) is 1.98. The molecule has 2 aromatic heterocycles. The molecule has 1 saturated carbocycles. The molecular formula is C13H19N7OS. The molecule has 2 aromatic rings. The molecule has 22 heavy (non-hydrogen) atoms. The maximum atomic E-state index is 9.42. The van der Waals surface area contributed by atoms with Crippen LogP contribution in [0, 0.1) is 6.92 Å². The molecule has 0 aromatic carbocycles. The highest BCUT2D eigenvalue weighted by Crippen LogP contribution is 2.36. The monoisotopic (exact) mass is 321 g/mol. The first-order valence-electron chi connectivity index (χ1n) is 7.24. The number of hydrogen-bond acceptors (Lipinski definition) is 8. The fourth-order valence-electron chi connectivity index (χ4n) is 2.38. The Bertz CT molecular complexity index is 641. The molecule has 0 atom stereocenters. The number of aliphatic hydroxyl groups excluding tert-OH is 1. The molecule has 0 unspecified atom stereocenters. The maximum absolute atomic E-state index is 9.42. The Morgan fingerprint density at radius 1 is 1.41 bits per heavy atom. The van der Waals surface area contributed by atoms with E-state index in [1.165, 1.54) is 0 Å². The normalized spacial score (nSPS) is 20.7. The van der Waals surface area contributed by atoms with E-state index in [9.17, 15) is 5.11 Å². The van der Waals surface area contributed by atoms with E-state index in [1.807, 2.05) is 20.0 Å². The van der Waals surface area contributed by atoms with Crippen molar-refractivity contribution in [2.24, 2.45) is 7.05 Å². The van der Waals surface area contributed by atoms with Crippen LogP contribution in [0.25, 0.3) is 0 Å². The minimum atomic E-state index is -0.173. The number of aromatic nitrogens is 6. The number of rotatable bonds is 6. The molecule has 0 amide bonds. The van der Waals surface area contributed by atoms with E-state index in [4.69, 9.17) is 0 Å². The van der Waals surface area contributed by atoms with Crippen LogP contribution in [0.4, 0.5) is 5.82 Å². The second-order valence-corrected chi connectivity index (χ2v) is 6.47. The summed E-state index contributed by atoms with van der Waals surface area (Å²) in [5.74, 6) is 2.79. The van der Waals surface area contributed by atoms with Crippen molar-refractivity contribution in [2.45, 2.75) is 36.9 Å². The number of aliphatic hydroxyl groups is 1. The minimum absolute atomic E-state index is 0.173. The predicted molar refractivity (Wildman–Crippen MR) is 82.8 cm³/mol. The van der Waals surface area contributed by atoms with Gasteiger partial charge in [-0.3, -0.25) is 0 Å². The molecule has 8 nitrogen and oxygen atoms in total. The number of nitrogens with one attached hydrogen (secondary N) is 1. The molecule has 0 aliphatic heterocycles. The molecule has 1 aliphatic carbocycles. The summed E-state index contributed by atoms with van der Waals surface area (Å²) in [6.45, 7) is 2.66. The minimum Gasteiger partial charge on any atom is -0.393 e. The number of aryl methyl sites for hydroxylation is 2. The lowest BCUT2D eigenvalue weighted by molar-refractivity contribution is 0.0731. The molecule has 3 rings (SSSR count). The predicted octanol–water partition coefficient (Wildman–Crippen LogP) is 0.751. The van der Waals surface area contributed by atoms with E-state index in [0.29, 0.717) is 5.92 Å². The number of thioether (sulfide) groups is 1. The molecule has 2 N–H and O–H groups in total. The molecule has 0 bridgehead atoms. The summed E-state index contributed by atoms with van der Waals surface area (Å²) < 4.78 is 1.65. The van der Waals surface area contributed by atoms with Crippen LogP contribution in [0.5, 0.6) is 0 Å². The van der Waals surface area contributed by atoms with Gasteiger partial charge in [-0.25, -0.2) is 14.6 Å². The fourth-order valence-corrected chi connectivity index (χ4v) is 3.09. The molecule has 9 heteroatoms. The van der Waals surface area contributed by atoms with Gasteiger partial charge in [-0.05, 0) is 30.2 Å².